The molecule has 0 unspecified atom stereocenters. The molecule has 0 saturated heterocycles. The number of methoxy groups -OCH3 is 1. The number of carbonyl (C=O) groups is 2. The molecule has 162 valence electrons. The van der Waals surface area contributed by atoms with Gasteiger partial charge in [-0.25, -0.2) is 4.79 Å². The first-order valence-electron chi connectivity index (χ1n) is 9.73. The number of hydrogen-bond donors (Lipinski definition) is 1. The third kappa shape index (κ3) is 4.57. The molecule has 4 rings (SSSR count). The molecule has 0 saturated carbocycles. The Bertz CT molecular complexity index is 1250. The fourth-order valence-electron chi connectivity index (χ4n) is 3.13. The van der Waals surface area contributed by atoms with E-state index < -0.39 is 5.97 Å². The van der Waals surface area contributed by atoms with E-state index in [2.05, 4.69) is 15.5 Å². The maximum absolute atomic E-state index is 12.6. The zero-order valence-corrected chi connectivity index (χ0v) is 18.3. The normalized spacial score (nSPS) is 10.7. The van der Waals surface area contributed by atoms with Gasteiger partial charge in [-0.05, 0) is 43.3 Å². The van der Waals surface area contributed by atoms with Crippen molar-refractivity contribution in [3.63, 3.8) is 0 Å². The van der Waals surface area contributed by atoms with Gasteiger partial charge >= 0.3 is 5.97 Å². The number of nitrogens with one attached hydrogen (secondary N) is 1. The van der Waals surface area contributed by atoms with E-state index in [4.69, 9.17) is 9.15 Å². The van der Waals surface area contributed by atoms with Crippen LogP contribution in [0.2, 0.25) is 0 Å². The first kappa shape index (κ1) is 21.4. The molecule has 0 radical (unpaired) electrons. The maximum atomic E-state index is 12.6. The van der Waals surface area contributed by atoms with Crippen LogP contribution in [-0.2, 0) is 9.53 Å². The second-order valence-electron chi connectivity index (χ2n) is 6.78. The lowest BCUT2D eigenvalue weighted by Gasteiger charge is -2.10. The Labute approximate surface area is 188 Å². The quantitative estimate of drug-likeness (QED) is 0.331. The molecule has 0 bridgehead atoms. The Morgan fingerprint density at radius 1 is 1.09 bits per heavy atom. The third-order valence-electron chi connectivity index (χ3n) is 4.65. The number of thioether (sulfide) groups is 1. The van der Waals surface area contributed by atoms with Crippen molar-refractivity contribution in [2.75, 3.05) is 18.2 Å². The number of benzene rings is 2. The Balaban J connectivity index is 1.54. The van der Waals surface area contributed by atoms with Crippen molar-refractivity contribution in [2.45, 2.75) is 12.1 Å². The summed E-state index contributed by atoms with van der Waals surface area (Å²) in [6.07, 6.45) is 1.61. The number of rotatable bonds is 7. The molecular formula is C23H20N4O4S. The van der Waals surface area contributed by atoms with Gasteiger partial charge in [0.25, 0.3) is 0 Å². The standard InChI is InChI=1S/C23H20N4O4S/c1-15-19(11-12-31-15)21-25-26-23(27(21)18-9-4-3-5-10-18)32-14-20(28)24-17-8-6-7-16(13-17)22(29)30-2/h3-13H,14H2,1-2H3,(H,24,28). The molecule has 2 heterocycles. The van der Waals surface area contributed by atoms with Gasteiger partial charge in [0.1, 0.15) is 5.76 Å². The van der Waals surface area contributed by atoms with Crippen molar-refractivity contribution in [3.05, 3.63) is 78.3 Å². The summed E-state index contributed by atoms with van der Waals surface area (Å²) in [6, 6.07) is 18.1. The van der Waals surface area contributed by atoms with Crippen molar-refractivity contribution in [1.29, 1.82) is 0 Å². The molecule has 1 amide bonds. The zero-order valence-electron chi connectivity index (χ0n) is 17.4. The van der Waals surface area contributed by atoms with Gasteiger partial charge in [0, 0.05) is 11.4 Å². The summed E-state index contributed by atoms with van der Waals surface area (Å²) in [5.74, 6) is 0.775. The van der Waals surface area contributed by atoms with Gasteiger partial charge in [-0.2, -0.15) is 0 Å². The number of aryl methyl sites for hydroxylation is 1. The van der Waals surface area contributed by atoms with Crippen LogP contribution in [-0.4, -0.2) is 39.5 Å². The average molecular weight is 449 g/mol. The lowest BCUT2D eigenvalue weighted by molar-refractivity contribution is -0.113. The summed E-state index contributed by atoms with van der Waals surface area (Å²) in [4.78, 5) is 24.2. The second kappa shape index (κ2) is 9.52. The fraction of sp³-hybridized carbons (Fsp3) is 0.130. The first-order chi connectivity index (χ1) is 15.6. The van der Waals surface area contributed by atoms with Gasteiger partial charge < -0.3 is 14.5 Å². The Morgan fingerprint density at radius 3 is 2.62 bits per heavy atom. The van der Waals surface area contributed by atoms with Gasteiger partial charge in [0.2, 0.25) is 5.91 Å². The minimum atomic E-state index is -0.464. The smallest absolute Gasteiger partial charge is 0.337 e. The SMILES string of the molecule is COC(=O)c1cccc(NC(=O)CSc2nnc(-c3ccoc3C)n2-c2ccccc2)c1. The molecule has 32 heavy (non-hydrogen) atoms. The van der Waals surface area contributed by atoms with Crippen LogP contribution < -0.4 is 5.32 Å². The van der Waals surface area contributed by atoms with Gasteiger partial charge in [0.05, 0.1) is 30.3 Å². The largest absolute Gasteiger partial charge is 0.469 e. The van der Waals surface area contributed by atoms with Crippen LogP contribution in [0.3, 0.4) is 0 Å². The van der Waals surface area contributed by atoms with E-state index in [1.54, 1.807) is 30.5 Å². The van der Waals surface area contributed by atoms with Gasteiger partial charge in [-0.15, -0.1) is 10.2 Å². The fourth-order valence-corrected chi connectivity index (χ4v) is 3.89. The predicted octanol–water partition coefficient (Wildman–Crippen LogP) is 4.35. The molecule has 0 aliphatic heterocycles. The topological polar surface area (TPSA) is 99.2 Å². The van der Waals surface area contributed by atoms with E-state index in [1.807, 2.05) is 47.9 Å². The van der Waals surface area contributed by atoms with Gasteiger partial charge in [0.15, 0.2) is 11.0 Å². The summed E-state index contributed by atoms with van der Waals surface area (Å²) in [6.45, 7) is 1.86. The molecule has 0 fully saturated rings. The van der Waals surface area contributed by atoms with Crippen molar-refractivity contribution >= 4 is 29.3 Å². The molecule has 2 aromatic carbocycles. The van der Waals surface area contributed by atoms with Gasteiger partial charge in [-0.1, -0.05) is 36.0 Å². The van der Waals surface area contributed by atoms with Crippen LogP contribution in [0.5, 0.6) is 0 Å². The molecule has 1 N–H and O–H groups in total. The highest BCUT2D eigenvalue weighted by Crippen LogP contribution is 2.30. The van der Waals surface area contributed by atoms with Crippen LogP contribution >= 0.6 is 11.8 Å². The number of carbonyl (C=O) groups excluding carboxylic acids is 2. The maximum Gasteiger partial charge on any atom is 0.337 e. The average Bonchev–Trinajstić information content (AvgIpc) is 3.43. The van der Waals surface area contributed by atoms with E-state index in [0.29, 0.717) is 22.2 Å². The first-order valence-corrected chi connectivity index (χ1v) is 10.7. The highest BCUT2D eigenvalue weighted by molar-refractivity contribution is 7.99. The van der Waals surface area contributed by atoms with Crippen LogP contribution in [0.4, 0.5) is 5.69 Å². The monoisotopic (exact) mass is 448 g/mol. The minimum Gasteiger partial charge on any atom is -0.469 e. The van der Waals surface area contributed by atoms with Gasteiger partial charge in [-0.3, -0.25) is 9.36 Å². The van der Waals surface area contributed by atoms with E-state index in [0.717, 1.165) is 17.0 Å². The van der Waals surface area contributed by atoms with Crippen molar-refractivity contribution in [3.8, 4) is 17.1 Å². The molecule has 4 aromatic rings. The van der Waals surface area contributed by atoms with Crippen molar-refractivity contribution in [2.24, 2.45) is 0 Å². The number of anilines is 1. The summed E-state index contributed by atoms with van der Waals surface area (Å²) in [7, 11) is 1.31. The van der Waals surface area contributed by atoms with Crippen LogP contribution in [0.15, 0.2) is 76.5 Å². The highest BCUT2D eigenvalue weighted by Gasteiger charge is 2.19. The van der Waals surface area contributed by atoms with Crippen LogP contribution in [0.1, 0.15) is 16.1 Å². The molecular weight excluding hydrogens is 428 g/mol. The summed E-state index contributed by atoms with van der Waals surface area (Å²) in [5, 5.41) is 12.0. The summed E-state index contributed by atoms with van der Waals surface area (Å²) < 4.78 is 12.0. The van der Waals surface area contributed by atoms with Crippen LogP contribution in [0.25, 0.3) is 17.1 Å². The molecule has 0 spiro atoms. The minimum absolute atomic E-state index is 0.109. The Morgan fingerprint density at radius 2 is 1.91 bits per heavy atom. The molecule has 9 heteroatoms. The Hall–Kier alpha value is -3.85. The number of furan rings is 1. The third-order valence-corrected chi connectivity index (χ3v) is 5.58. The number of aromatic nitrogens is 3. The Kier molecular flexibility index (Phi) is 6.37. The lowest BCUT2D eigenvalue weighted by Crippen LogP contribution is -2.15. The van der Waals surface area contributed by atoms with E-state index in [1.165, 1.54) is 18.9 Å². The number of para-hydroxylation sites is 1. The van der Waals surface area contributed by atoms with E-state index >= 15 is 0 Å². The zero-order chi connectivity index (χ0) is 22.5. The van der Waals surface area contributed by atoms with Crippen LogP contribution in [0, 0.1) is 6.92 Å². The lowest BCUT2D eigenvalue weighted by atomic mass is 10.2. The number of esters is 1. The number of ether oxygens (including phenoxy) is 1. The molecule has 0 aliphatic carbocycles. The number of amides is 1. The number of hydrogen-bond acceptors (Lipinski definition) is 7. The summed E-state index contributed by atoms with van der Waals surface area (Å²) in [5.41, 5.74) is 2.58. The van der Waals surface area contributed by atoms with E-state index in [-0.39, 0.29) is 11.7 Å². The molecule has 8 nitrogen and oxygen atoms in total. The molecule has 0 aliphatic rings. The second-order valence-corrected chi connectivity index (χ2v) is 7.72. The summed E-state index contributed by atoms with van der Waals surface area (Å²) >= 11 is 1.26. The molecule has 2 aromatic heterocycles. The van der Waals surface area contributed by atoms with Crippen molar-refractivity contribution < 1.29 is 18.7 Å². The van der Waals surface area contributed by atoms with Crippen molar-refractivity contribution in [1.82, 2.24) is 14.8 Å². The highest BCUT2D eigenvalue weighted by atomic mass is 32.2. The van der Waals surface area contributed by atoms with E-state index in [9.17, 15) is 9.59 Å². The number of nitrogens with zero attached hydrogens (tertiary/aromatic N) is 3. The predicted molar refractivity (Wildman–Crippen MR) is 121 cm³/mol. The molecule has 0 atom stereocenters.